The molecule has 5 nitrogen and oxygen atoms in total. The third-order valence-corrected chi connectivity index (χ3v) is 3.79. The van der Waals surface area contributed by atoms with Gasteiger partial charge in [-0.2, -0.15) is 5.10 Å². The fourth-order valence-electron chi connectivity index (χ4n) is 2.65. The maximum atomic E-state index is 13.3. The Hall–Kier alpha value is -3.22. The van der Waals surface area contributed by atoms with Crippen molar-refractivity contribution >= 4 is 0 Å². The Bertz CT molecular complexity index is 997. The van der Waals surface area contributed by atoms with Crippen LogP contribution in [0, 0.1) is 11.6 Å². The molecule has 1 aliphatic rings. The summed E-state index contributed by atoms with van der Waals surface area (Å²) in [5, 5.41) is 4.29. The van der Waals surface area contributed by atoms with Crippen molar-refractivity contribution in [3.8, 4) is 22.8 Å². The van der Waals surface area contributed by atoms with E-state index in [1.807, 2.05) is 0 Å². The monoisotopic (exact) mass is 342 g/mol. The Morgan fingerprint density at radius 2 is 1.72 bits per heavy atom. The SMILES string of the molecule is O=c1ccc(-c2ccc3c(c2)OCO3)nn1Cc1cc(F)cc(F)c1. The van der Waals surface area contributed by atoms with Gasteiger partial charge >= 0.3 is 0 Å². The van der Waals surface area contributed by atoms with Crippen molar-refractivity contribution in [2.45, 2.75) is 6.54 Å². The van der Waals surface area contributed by atoms with Crippen molar-refractivity contribution in [2.75, 3.05) is 6.79 Å². The lowest BCUT2D eigenvalue weighted by Crippen LogP contribution is -2.23. The smallest absolute Gasteiger partial charge is 0.267 e. The summed E-state index contributed by atoms with van der Waals surface area (Å²) in [7, 11) is 0. The molecule has 0 amide bonds. The van der Waals surface area contributed by atoms with Gasteiger partial charge in [0.25, 0.3) is 5.56 Å². The Kier molecular flexibility index (Phi) is 3.68. The third kappa shape index (κ3) is 3.08. The lowest BCUT2D eigenvalue weighted by atomic mass is 10.1. The Morgan fingerprint density at radius 1 is 0.960 bits per heavy atom. The second-order valence-electron chi connectivity index (χ2n) is 5.56. The van der Waals surface area contributed by atoms with E-state index in [1.165, 1.54) is 18.2 Å². The normalized spacial score (nSPS) is 12.4. The summed E-state index contributed by atoms with van der Waals surface area (Å²) in [6.45, 7) is 0.128. The molecule has 0 atom stereocenters. The number of benzene rings is 2. The number of hydrogen-bond acceptors (Lipinski definition) is 4. The minimum atomic E-state index is -0.699. The summed E-state index contributed by atoms with van der Waals surface area (Å²) in [6, 6.07) is 11.4. The Balaban J connectivity index is 1.70. The van der Waals surface area contributed by atoms with Gasteiger partial charge < -0.3 is 9.47 Å². The van der Waals surface area contributed by atoms with Gasteiger partial charge in [0.05, 0.1) is 12.2 Å². The average Bonchev–Trinajstić information content (AvgIpc) is 3.03. The lowest BCUT2D eigenvalue weighted by molar-refractivity contribution is 0.174. The van der Waals surface area contributed by atoms with Crippen LogP contribution in [0.25, 0.3) is 11.3 Å². The zero-order valence-corrected chi connectivity index (χ0v) is 12.9. The van der Waals surface area contributed by atoms with Crippen molar-refractivity contribution in [3.05, 3.63) is 76.1 Å². The van der Waals surface area contributed by atoms with Crippen LogP contribution in [0.5, 0.6) is 11.5 Å². The molecule has 1 aliphatic heterocycles. The molecule has 0 bridgehead atoms. The molecule has 3 aromatic rings. The van der Waals surface area contributed by atoms with E-state index in [9.17, 15) is 13.6 Å². The molecule has 0 saturated heterocycles. The zero-order chi connectivity index (χ0) is 17.4. The van der Waals surface area contributed by atoms with E-state index in [0.29, 0.717) is 22.8 Å². The molecule has 126 valence electrons. The zero-order valence-electron chi connectivity index (χ0n) is 12.9. The maximum Gasteiger partial charge on any atom is 0.267 e. The summed E-state index contributed by atoms with van der Waals surface area (Å²) >= 11 is 0. The van der Waals surface area contributed by atoms with Gasteiger partial charge in [-0.3, -0.25) is 4.79 Å². The molecule has 7 heteroatoms. The van der Waals surface area contributed by atoms with Crippen molar-refractivity contribution in [1.82, 2.24) is 9.78 Å². The highest BCUT2D eigenvalue weighted by Crippen LogP contribution is 2.35. The molecule has 2 heterocycles. The molecule has 0 unspecified atom stereocenters. The van der Waals surface area contributed by atoms with E-state index in [4.69, 9.17) is 9.47 Å². The first kappa shape index (κ1) is 15.3. The van der Waals surface area contributed by atoms with E-state index in [1.54, 1.807) is 24.3 Å². The van der Waals surface area contributed by atoms with Crippen LogP contribution < -0.4 is 15.0 Å². The van der Waals surface area contributed by atoms with Gasteiger partial charge in [-0.1, -0.05) is 0 Å². The van der Waals surface area contributed by atoms with Crippen molar-refractivity contribution in [1.29, 1.82) is 0 Å². The van der Waals surface area contributed by atoms with Gasteiger partial charge in [-0.15, -0.1) is 0 Å². The van der Waals surface area contributed by atoms with Crippen molar-refractivity contribution in [3.63, 3.8) is 0 Å². The van der Waals surface area contributed by atoms with Crippen LogP contribution in [0.15, 0.2) is 53.3 Å². The van der Waals surface area contributed by atoms with Crippen LogP contribution in [0.3, 0.4) is 0 Å². The highest BCUT2D eigenvalue weighted by molar-refractivity contribution is 5.63. The first-order valence-electron chi connectivity index (χ1n) is 7.52. The first-order chi connectivity index (χ1) is 12.1. The third-order valence-electron chi connectivity index (χ3n) is 3.79. The van der Waals surface area contributed by atoms with Gasteiger partial charge in [0.2, 0.25) is 6.79 Å². The average molecular weight is 342 g/mol. The van der Waals surface area contributed by atoms with Gasteiger partial charge in [-0.25, -0.2) is 13.5 Å². The van der Waals surface area contributed by atoms with Gasteiger partial charge in [-0.05, 0) is 42.0 Å². The molecule has 0 N–H and O–H groups in total. The Morgan fingerprint density at radius 3 is 2.52 bits per heavy atom. The molecule has 25 heavy (non-hydrogen) atoms. The molecule has 4 rings (SSSR count). The van der Waals surface area contributed by atoms with Crippen LogP contribution in [0.1, 0.15) is 5.56 Å². The quantitative estimate of drug-likeness (QED) is 0.734. The fraction of sp³-hybridized carbons (Fsp3) is 0.111. The van der Waals surface area contributed by atoms with E-state index in [2.05, 4.69) is 5.10 Å². The Labute approximate surface area is 141 Å². The fourth-order valence-corrected chi connectivity index (χ4v) is 2.65. The predicted octanol–water partition coefficient (Wildman–Crippen LogP) is 2.97. The van der Waals surface area contributed by atoms with Gasteiger partial charge in [0.15, 0.2) is 11.5 Å². The highest BCUT2D eigenvalue weighted by Gasteiger charge is 2.15. The van der Waals surface area contributed by atoms with Crippen molar-refractivity contribution in [2.24, 2.45) is 0 Å². The molecular formula is C18H12F2N2O3. The number of hydrogen-bond donors (Lipinski definition) is 0. The van der Waals surface area contributed by atoms with E-state index >= 15 is 0 Å². The molecule has 1 aromatic heterocycles. The summed E-state index contributed by atoms with van der Waals surface area (Å²) in [6.07, 6.45) is 0. The van der Waals surface area contributed by atoms with Gasteiger partial charge in [0, 0.05) is 17.7 Å². The largest absolute Gasteiger partial charge is 0.454 e. The molecule has 0 aliphatic carbocycles. The van der Waals surface area contributed by atoms with Crippen LogP contribution in [0.2, 0.25) is 0 Å². The lowest BCUT2D eigenvalue weighted by Gasteiger charge is -2.08. The molecule has 0 saturated carbocycles. The summed E-state index contributed by atoms with van der Waals surface area (Å²) in [4.78, 5) is 12.0. The minimum absolute atomic E-state index is 0.0358. The highest BCUT2D eigenvalue weighted by atomic mass is 19.1. The molecule has 0 spiro atoms. The van der Waals surface area contributed by atoms with Gasteiger partial charge in [0.1, 0.15) is 11.6 Å². The number of aromatic nitrogens is 2. The predicted molar refractivity (Wildman–Crippen MR) is 85.5 cm³/mol. The van der Waals surface area contributed by atoms with Crippen LogP contribution in [-0.2, 0) is 6.54 Å². The summed E-state index contributed by atoms with van der Waals surface area (Å²) in [5.41, 5.74) is 1.22. The number of rotatable bonds is 3. The standard InChI is InChI=1S/C18H12F2N2O3/c19-13-5-11(6-14(20)8-13)9-22-18(23)4-2-15(21-22)12-1-3-16-17(7-12)25-10-24-16/h1-8H,9-10H2. The number of nitrogens with zero attached hydrogens (tertiary/aromatic N) is 2. The molecule has 0 fully saturated rings. The molecule has 0 radical (unpaired) electrons. The van der Waals surface area contributed by atoms with Crippen LogP contribution >= 0.6 is 0 Å². The number of ether oxygens (including phenoxy) is 2. The van der Waals surface area contributed by atoms with E-state index < -0.39 is 11.6 Å². The summed E-state index contributed by atoms with van der Waals surface area (Å²) < 4.78 is 38.4. The molecule has 2 aromatic carbocycles. The second-order valence-corrected chi connectivity index (χ2v) is 5.56. The van der Waals surface area contributed by atoms with E-state index in [-0.39, 0.29) is 18.9 Å². The number of halogens is 2. The van der Waals surface area contributed by atoms with Crippen molar-refractivity contribution < 1.29 is 18.3 Å². The second kappa shape index (κ2) is 6.01. The first-order valence-corrected chi connectivity index (χ1v) is 7.52. The van der Waals surface area contributed by atoms with Crippen LogP contribution in [-0.4, -0.2) is 16.6 Å². The summed E-state index contributed by atoms with van der Waals surface area (Å²) in [5.74, 6) is -0.151. The maximum absolute atomic E-state index is 13.3. The molecular weight excluding hydrogens is 330 g/mol. The number of fused-ring (bicyclic) bond motifs is 1. The minimum Gasteiger partial charge on any atom is -0.454 e. The topological polar surface area (TPSA) is 53.4 Å². The van der Waals surface area contributed by atoms with E-state index in [0.717, 1.165) is 16.3 Å². The van der Waals surface area contributed by atoms with Crippen LogP contribution in [0.4, 0.5) is 8.78 Å².